The van der Waals surface area contributed by atoms with Gasteiger partial charge in [-0.2, -0.15) is 0 Å². The molecule has 1 aliphatic heterocycles. The molecule has 192 valence electrons. The van der Waals surface area contributed by atoms with E-state index in [4.69, 9.17) is 4.42 Å². The van der Waals surface area contributed by atoms with Gasteiger partial charge in [-0.25, -0.2) is 0 Å². The van der Waals surface area contributed by atoms with Crippen LogP contribution in [-0.2, 0) is 17.8 Å². The number of Topliss-reactive ketones (excluding diaryl/α,β-unsaturated/α-hetero) is 1. The van der Waals surface area contributed by atoms with Gasteiger partial charge in [-0.3, -0.25) is 14.5 Å². The number of ketones is 1. The third-order valence-corrected chi connectivity index (χ3v) is 7.73. The van der Waals surface area contributed by atoms with Gasteiger partial charge in [-0.05, 0) is 42.7 Å². The van der Waals surface area contributed by atoms with Crippen LogP contribution in [0.1, 0.15) is 74.2 Å². The number of hydrogen-bond acceptors (Lipinski definition) is 7. The Bertz CT molecular complexity index is 964. The number of thioether (sulfide) groups is 1. The van der Waals surface area contributed by atoms with Crippen molar-refractivity contribution in [1.29, 1.82) is 0 Å². The van der Waals surface area contributed by atoms with Crippen LogP contribution >= 0.6 is 24.2 Å². The molecule has 1 amide bonds. The molecule has 1 atom stereocenters. The molecule has 1 fully saturated rings. The predicted molar refractivity (Wildman–Crippen MR) is 140 cm³/mol. The highest BCUT2D eigenvalue weighted by Gasteiger charge is 2.35. The summed E-state index contributed by atoms with van der Waals surface area (Å²) < 4.78 is 5.77. The number of aromatic nitrogens is 2. The molecule has 1 unspecified atom stereocenters. The first-order valence-electron chi connectivity index (χ1n) is 12.6. The fourth-order valence-electron chi connectivity index (χ4n) is 5.12. The molecule has 35 heavy (non-hydrogen) atoms. The summed E-state index contributed by atoms with van der Waals surface area (Å²) in [6.45, 7) is 7.06. The van der Waals surface area contributed by atoms with Crippen LogP contribution in [0.5, 0.6) is 0 Å². The number of halogens is 1. The first kappa shape index (κ1) is 27.7. The lowest BCUT2D eigenvalue weighted by atomic mass is 9.91. The Morgan fingerprint density at radius 1 is 1.20 bits per heavy atom. The molecule has 7 nitrogen and oxygen atoms in total. The monoisotopic (exact) mass is 520 g/mol. The van der Waals surface area contributed by atoms with Crippen molar-refractivity contribution in [3.8, 4) is 0 Å². The van der Waals surface area contributed by atoms with E-state index in [1.165, 1.54) is 29.3 Å². The van der Waals surface area contributed by atoms with Gasteiger partial charge in [0.15, 0.2) is 0 Å². The normalized spacial score (nSPS) is 17.5. The molecule has 4 rings (SSSR count). The fourth-order valence-corrected chi connectivity index (χ4v) is 5.88. The second-order valence-electron chi connectivity index (χ2n) is 9.87. The summed E-state index contributed by atoms with van der Waals surface area (Å²) in [6.07, 6.45) is 7.81. The van der Waals surface area contributed by atoms with E-state index >= 15 is 0 Å². The van der Waals surface area contributed by atoms with Gasteiger partial charge in [0.05, 0.1) is 0 Å². The minimum Gasteiger partial charge on any atom is -0.408 e. The lowest BCUT2D eigenvalue weighted by molar-refractivity contribution is -0.122. The van der Waals surface area contributed by atoms with Crippen molar-refractivity contribution in [3.05, 3.63) is 41.3 Å². The van der Waals surface area contributed by atoms with Gasteiger partial charge in [-0.15, -0.1) is 22.6 Å². The quantitative estimate of drug-likeness (QED) is 0.233. The zero-order valence-electron chi connectivity index (χ0n) is 20.7. The maximum absolute atomic E-state index is 13.4. The molecule has 1 saturated carbocycles. The third-order valence-electron chi connectivity index (χ3n) is 6.94. The Kier molecular flexibility index (Phi) is 10.6. The Balaban J connectivity index is 0.00000342. The minimum atomic E-state index is -0.549. The number of benzene rings is 1. The van der Waals surface area contributed by atoms with Crippen LogP contribution in [0.3, 0.4) is 0 Å². The molecule has 2 aliphatic rings. The molecule has 0 saturated heterocycles. The van der Waals surface area contributed by atoms with Crippen molar-refractivity contribution in [2.45, 2.75) is 82.6 Å². The van der Waals surface area contributed by atoms with Crippen LogP contribution < -0.4 is 0 Å². The SMILES string of the molecule is CC(C)CC(C(=O)c1nnc(SCCN2CCc3ccccc3C2)o1)N(C=O)C1CCCCC1.Cl. The summed E-state index contributed by atoms with van der Waals surface area (Å²) in [5, 5.41) is 8.59. The van der Waals surface area contributed by atoms with Crippen LogP contribution in [0.25, 0.3) is 0 Å². The van der Waals surface area contributed by atoms with E-state index in [1.807, 2.05) is 0 Å². The summed E-state index contributed by atoms with van der Waals surface area (Å²) >= 11 is 1.48. The second kappa shape index (κ2) is 13.4. The topological polar surface area (TPSA) is 79.5 Å². The average molecular weight is 521 g/mol. The van der Waals surface area contributed by atoms with Crippen molar-refractivity contribution in [1.82, 2.24) is 20.0 Å². The van der Waals surface area contributed by atoms with E-state index in [0.717, 1.165) is 63.9 Å². The first-order valence-corrected chi connectivity index (χ1v) is 13.6. The molecule has 0 bridgehead atoms. The lowest BCUT2D eigenvalue weighted by Gasteiger charge is -2.36. The number of rotatable bonds is 11. The zero-order valence-corrected chi connectivity index (χ0v) is 22.4. The van der Waals surface area contributed by atoms with Crippen molar-refractivity contribution >= 4 is 36.4 Å². The molecule has 1 aliphatic carbocycles. The zero-order chi connectivity index (χ0) is 23.9. The van der Waals surface area contributed by atoms with E-state index in [1.54, 1.807) is 4.90 Å². The van der Waals surface area contributed by atoms with E-state index < -0.39 is 6.04 Å². The molecule has 2 aromatic rings. The summed E-state index contributed by atoms with van der Waals surface area (Å²) in [5.41, 5.74) is 2.85. The molecular weight excluding hydrogens is 484 g/mol. The van der Waals surface area contributed by atoms with E-state index in [-0.39, 0.29) is 36.0 Å². The van der Waals surface area contributed by atoms with Crippen LogP contribution in [0.15, 0.2) is 33.9 Å². The van der Waals surface area contributed by atoms with Gasteiger partial charge < -0.3 is 9.32 Å². The molecule has 2 heterocycles. The van der Waals surface area contributed by atoms with Gasteiger partial charge in [0, 0.05) is 31.4 Å². The lowest BCUT2D eigenvalue weighted by Crippen LogP contribution is -2.48. The van der Waals surface area contributed by atoms with Crippen molar-refractivity contribution < 1.29 is 14.0 Å². The Morgan fingerprint density at radius 3 is 2.66 bits per heavy atom. The van der Waals surface area contributed by atoms with E-state index in [2.05, 4.69) is 53.2 Å². The summed E-state index contributed by atoms with van der Waals surface area (Å²) in [6, 6.07) is 8.19. The van der Waals surface area contributed by atoms with E-state index in [9.17, 15) is 9.59 Å². The van der Waals surface area contributed by atoms with Crippen LogP contribution in [0.2, 0.25) is 0 Å². The number of hydrogen-bond donors (Lipinski definition) is 0. The maximum Gasteiger partial charge on any atom is 0.286 e. The highest BCUT2D eigenvalue weighted by atomic mass is 35.5. The van der Waals surface area contributed by atoms with Crippen LogP contribution in [0, 0.1) is 5.92 Å². The highest BCUT2D eigenvalue weighted by Crippen LogP contribution is 2.27. The summed E-state index contributed by atoms with van der Waals surface area (Å²) in [7, 11) is 0. The molecule has 9 heteroatoms. The van der Waals surface area contributed by atoms with Crippen molar-refractivity contribution in [2.24, 2.45) is 5.92 Å². The second-order valence-corrected chi connectivity index (χ2v) is 10.9. The Labute approximate surface area is 218 Å². The summed E-state index contributed by atoms with van der Waals surface area (Å²) in [4.78, 5) is 29.6. The average Bonchev–Trinajstić information content (AvgIpc) is 3.33. The van der Waals surface area contributed by atoms with Gasteiger partial charge in [-0.1, -0.05) is 69.1 Å². The van der Waals surface area contributed by atoms with Crippen molar-refractivity contribution in [3.63, 3.8) is 0 Å². The Hall–Kier alpha value is -1.90. The van der Waals surface area contributed by atoms with Gasteiger partial charge in [0.2, 0.25) is 12.2 Å². The number of carbonyl (C=O) groups excluding carboxylic acids is 2. The predicted octanol–water partition coefficient (Wildman–Crippen LogP) is 5.03. The molecule has 1 aromatic carbocycles. The number of carbonyl (C=O) groups is 2. The van der Waals surface area contributed by atoms with Gasteiger partial charge in [0.25, 0.3) is 11.1 Å². The van der Waals surface area contributed by atoms with Gasteiger partial charge in [0.1, 0.15) is 6.04 Å². The standard InChI is InChI=1S/C26H36N4O3S.ClH/c1-19(2)16-23(30(18-31)22-10-4-3-5-11-22)24(32)25-27-28-26(33-25)34-15-14-29-13-12-20-8-6-7-9-21(20)17-29;/h6-9,18-19,22-23H,3-5,10-17H2,1-2H3;1H. The largest absolute Gasteiger partial charge is 0.408 e. The van der Waals surface area contributed by atoms with E-state index in [0.29, 0.717) is 11.6 Å². The van der Waals surface area contributed by atoms with Crippen LogP contribution in [-0.4, -0.2) is 63.1 Å². The minimum absolute atomic E-state index is 0. The number of fused-ring (bicyclic) bond motifs is 1. The number of nitrogens with zero attached hydrogens (tertiary/aromatic N) is 4. The highest BCUT2D eigenvalue weighted by molar-refractivity contribution is 7.99. The van der Waals surface area contributed by atoms with Crippen LogP contribution in [0.4, 0.5) is 0 Å². The maximum atomic E-state index is 13.4. The molecule has 0 radical (unpaired) electrons. The molecule has 0 spiro atoms. The molecule has 1 aromatic heterocycles. The summed E-state index contributed by atoms with van der Waals surface area (Å²) in [5.74, 6) is 0.864. The number of amides is 1. The first-order chi connectivity index (χ1) is 16.5. The smallest absolute Gasteiger partial charge is 0.286 e. The third kappa shape index (κ3) is 7.30. The van der Waals surface area contributed by atoms with Crippen molar-refractivity contribution in [2.75, 3.05) is 18.8 Å². The molecular formula is C26H37ClN4O3S. The fraction of sp³-hybridized carbons (Fsp3) is 0.615. The van der Waals surface area contributed by atoms with Gasteiger partial charge >= 0.3 is 0 Å². The molecule has 0 N–H and O–H groups in total. The Morgan fingerprint density at radius 2 is 1.94 bits per heavy atom.